The highest BCUT2D eigenvalue weighted by atomic mass is 32.1. The Balaban J connectivity index is 1.65. The highest BCUT2D eigenvalue weighted by Gasteiger charge is 2.25. The summed E-state index contributed by atoms with van der Waals surface area (Å²) in [6.45, 7) is 3.73. The van der Waals surface area contributed by atoms with Crippen molar-refractivity contribution in [3.05, 3.63) is 16.1 Å². The van der Waals surface area contributed by atoms with Gasteiger partial charge in [0.05, 0.1) is 12.2 Å². The predicted molar refractivity (Wildman–Crippen MR) is 81.6 cm³/mol. The average molecular weight is 280 g/mol. The molecule has 0 atom stereocenters. The van der Waals surface area contributed by atoms with Crippen molar-refractivity contribution < 1.29 is 0 Å². The summed E-state index contributed by atoms with van der Waals surface area (Å²) in [4.78, 5) is 8.93. The Kier molecular flexibility index (Phi) is 5.63. The molecule has 1 aliphatic carbocycles. The molecule has 1 aromatic rings. The Labute approximate surface area is 119 Å². The van der Waals surface area contributed by atoms with E-state index in [9.17, 15) is 0 Å². The van der Waals surface area contributed by atoms with Crippen molar-refractivity contribution in [3.63, 3.8) is 0 Å². The van der Waals surface area contributed by atoms with Crippen molar-refractivity contribution in [2.24, 2.45) is 10.7 Å². The van der Waals surface area contributed by atoms with Crippen LogP contribution in [0.1, 0.15) is 62.1 Å². The minimum atomic E-state index is 0.541. The molecule has 0 radical (unpaired) electrons. The lowest BCUT2D eigenvalue weighted by atomic mass is 10.2. The fraction of sp³-hybridized carbons (Fsp3) is 0.714. The van der Waals surface area contributed by atoms with E-state index < -0.39 is 0 Å². The molecule has 2 rings (SSSR count). The summed E-state index contributed by atoms with van der Waals surface area (Å²) < 4.78 is 0. The SMILES string of the molecule is CCCCCCNC(N)=NCc1nc(C2CC2)cs1. The molecule has 1 saturated carbocycles. The number of hydrogen-bond donors (Lipinski definition) is 2. The topological polar surface area (TPSA) is 63.3 Å². The van der Waals surface area contributed by atoms with E-state index in [-0.39, 0.29) is 0 Å². The molecule has 0 spiro atoms. The summed E-state index contributed by atoms with van der Waals surface area (Å²) in [7, 11) is 0. The Bertz CT molecular complexity index is 409. The molecular weight excluding hydrogens is 256 g/mol. The van der Waals surface area contributed by atoms with E-state index >= 15 is 0 Å². The molecule has 19 heavy (non-hydrogen) atoms. The van der Waals surface area contributed by atoms with Gasteiger partial charge in [0.1, 0.15) is 5.01 Å². The largest absolute Gasteiger partial charge is 0.370 e. The van der Waals surface area contributed by atoms with Gasteiger partial charge in [-0.3, -0.25) is 0 Å². The first-order chi connectivity index (χ1) is 9.29. The van der Waals surface area contributed by atoms with Gasteiger partial charge in [0, 0.05) is 17.8 Å². The van der Waals surface area contributed by atoms with E-state index in [0.29, 0.717) is 12.5 Å². The third-order valence-corrected chi connectivity index (χ3v) is 4.14. The third-order valence-electron chi connectivity index (χ3n) is 3.29. The molecule has 0 aromatic carbocycles. The molecule has 1 aromatic heterocycles. The van der Waals surface area contributed by atoms with Crippen LogP contribution >= 0.6 is 11.3 Å². The van der Waals surface area contributed by atoms with E-state index in [1.807, 2.05) is 0 Å². The Hall–Kier alpha value is -1.10. The summed E-state index contributed by atoms with van der Waals surface area (Å²) >= 11 is 1.69. The number of nitrogens with one attached hydrogen (secondary N) is 1. The first-order valence-electron chi connectivity index (χ1n) is 7.27. The van der Waals surface area contributed by atoms with Crippen molar-refractivity contribution in [3.8, 4) is 0 Å². The number of nitrogens with zero attached hydrogens (tertiary/aromatic N) is 2. The minimum absolute atomic E-state index is 0.541. The molecule has 0 amide bonds. The van der Waals surface area contributed by atoms with E-state index in [4.69, 9.17) is 5.73 Å². The zero-order valence-electron chi connectivity index (χ0n) is 11.7. The van der Waals surface area contributed by atoms with Gasteiger partial charge >= 0.3 is 0 Å². The number of thiazole rings is 1. The molecule has 0 saturated heterocycles. The second-order valence-electron chi connectivity index (χ2n) is 5.13. The van der Waals surface area contributed by atoms with Gasteiger partial charge in [0.25, 0.3) is 0 Å². The van der Waals surface area contributed by atoms with Crippen LogP contribution in [0.5, 0.6) is 0 Å². The quantitative estimate of drug-likeness (QED) is 0.437. The van der Waals surface area contributed by atoms with Crippen molar-refractivity contribution in [1.82, 2.24) is 10.3 Å². The molecule has 0 aliphatic heterocycles. The lowest BCUT2D eigenvalue weighted by molar-refractivity contribution is 0.652. The Morgan fingerprint density at radius 1 is 1.47 bits per heavy atom. The van der Waals surface area contributed by atoms with E-state index in [0.717, 1.165) is 23.9 Å². The standard InChI is InChI=1S/C14H24N4S/c1-2-3-4-5-8-16-14(15)17-9-13-18-12(10-19-13)11-6-7-11/h10-11H,2-9H2,1H3,(H3,15,16,17). The number of unbranched alkanes of at least 4 members (excludes halogenated alkanes) is 3. The van der Waals surface area contributed by atoms with Crippen molar-refractivity contribution in [2.75, 3.05) is 6.54 Å². The summed E-state index contributed by atoms with van der Waals surface area (Å²) in [5.41, 5.74) is 7.08. The van der Waals surface area contributed by atoms with Crippen molar-refractivity contribution in [2.45, 2.75) is 57.9 Å². The highest BCUT2D eigenvalue weighted by molar-refractivity contribution is 7.09. The van der Waals surface area contributed by atoms with Crippen LogP contribution in [0.3, 0.4) is 0 Å². The summed E-state index contributed by atoms with van der Waals surface area (Å²) in [6, 6.07) is 0. The maximum Gasteiger partial charge on any atom is 0.189 e. The van der Waals surface area contributed by atoms with Gasteiger partial charge < -0.3 is 11.1 Å². The molecule has 106 valence electrons. The fourth-order valence-electron chi connectivity index (χ4n) is 1.94. The van der Waals surface area contributed by atoms with Crippen molar-refractivity contribution >= 4 is 17.3 Å². The first-order valence-corrected chi connectivity index (χ1v) is 8.15. The molecule has 4 nitrogen and oxygen atoms in total. The third kappa shape index (κ3) is 5.19. The van der Waals surface area contributed by atoms with E-state index in [1.165, 1.54) is 37.8 Å². The summed E-state index contributed by atoms with van der Waals surface area (Å²) in [6.07, 6.45) is 7.57. The lowest BCUT2D eigenvalue weighted by Gasteiger charge is -2.04. The number of guanidine groups is 1. The smallest absolute Gasteiger partial charge is 0.189 e. The second-order valence-corrected chi connectivity index (χ2v) is 6.07. The van der Waals surface area contributed by atoms with Gasteiger partial charge in [-0.25, -0.2) is 9.98 Å². The van der Waals surface area contributed by atoms with Gasteiger partial charge in [-0.05, 0) is 19.3 Å². The van der Waals surface area contributed by atoms with E-state index in [2.05, 4.69) is 27.6 Å². The molecule has 1 heterocycles. The van der Waals surface area contributed by atoms with Crippen LogP contribution in [0, 0.1) is 0 Å². The van der Waals surface area contributed by atoms with Crippen LogP contribution in [-0.2, 0) is 6.54 Å². The zero-order valence-corrected chi connectivity index (χ0v) is 12.5. The van der Waals surface area contributed by atoms with Gasteiger partial charge in [0.2, 0.25) is 0 Å². The number of aliphatic imine (C=N–C) groups is 1. The van der Waals surface area contributed by atoms with E-state index in [1.54, 1.807) is 11.3 Å². The maximum absolute atomic E-state index is 5.83. The summed E-state index contributed by atoms with van der Waals surface area (Å²) in [5.74, 6) is 1.27. The van der Waals surface area contributed by atoms with Gasteiger partial charge in [0.15, 0.2) is 5.96 Å². The molecule has 1 fully saturated rings. The zero-order chi connectivity index (χ0) is 13.5. The van der Waals surface area contributed by atoms with Crippen LogP contribution in [0.2, 0.25) is 0 Å². The first kappa shape index (κ1) is 14.3. The molecule has 5 heteroatoms. The molecule has 0 unspecified atom stereocenters. The van der Waals surface area contributed by atoms with Crippen LogP contribution < -0.4 is 11.1 Å². The van der Waals surface area contributed by atoms with Gasteiger partial charge in [-0.15, -0.1) is 11.3 Å². The second kappa shape index (κ2) is 7.48. The Morgan fingerprint density at radius 2 is 2.32 bits per heavy atom. The predicted octanol–water partition coefficient (Wildman–Crippen LogP) is 3.01. The summed E-state index contributed by atoms with van der Waals surface area (Å²) in [5, 5.41) is 6.39. The van der Waals surface area contributed by atoms with Crippen LogP contribution in [0.4, 0.5) is 0 Å². The monoisotopic (exact) mass is 280 g/mol. The highest BCUT2D eigenvalue weighted by Crippen LogP contribution is 2.40. The maximum atomic E-state index is 5.83. The lowest BCUT2D eigenvalue weighted by Crippen LogP contribution is -2.32. The number of nitrogens with two attached hydrogens (primary N) is 1. The molecular formula is C14H24N4S. The minimum Gasteiger partial charge on any atom is -0.370 e. The van der Waals surface area contributed by atoms with Crippen molar-refractivity contribution in [1.29, 1.82) is 0 Å². The fourth-order valence-corrected chi connectivity index (χ4v) is 2.74. The molecule has 1 aliphatic rings. The van der Waals surface area contributed by atoms with Crippen LogP contribution in [0.25, 0.3) is 0 Å². The number of rotatable bonds is 8. The molecule has 3 N–H and O–H groups in total. The van der Waals surface area contributed by atoms with Crippen LogP contribution in [0.15, 0.2) is 10.4 Å². The van der Waals surface area contributed by atoms with Crippen LogP contribution in [-0.4, -0.2) is 17.5 Å². The number of hydrogen-bond acceptors (Lipinski definition) is 3. The Morgan fingerprint density at radius 3 is 3.05 bits per heavy atom. The normalized spacial score (nSPS) is 15.7. The van der Waals surface area contributed by atoms with Gasteiger partial charge in [-0.1, -0.05) is 26.2 Å². The van der Waals surface area contributed by atoms with Gasteiger partial charge in [-0.2, -0.15) is 0 Å². The number of aromatic nitrogens is 1. The molecule has 0 bridgehead atoms. The average Bonchev–Trinajstić information content (AvgIpc) is 3.15.